The molecular formula is C22H27N4O7PS. The number of benzene rings is 1. The Morgan fingerprint density at radius 2 is 2.03 bits per heavy atom. The van der Waals surface area contributed by atoms with Gasteiger partial charge in [0.2, 0.25) is 10.0 Å². The molecule has 0 fully saturated rings. The molecule has 2 atom stereocenters. The summed E-state index contributed by atoms with van der Waals surface area (Å²) < 4.78 is 53.8. The molecule has 2 aliphatic heterocycles. The second kappa shape index (κ2) is 8.54. The zero-order valence-electron chi connectivity index (χ0n) is 19.9. The zero-order chi connectivity index (χ0) is 25.8. The van der Waals surface area contributed by atoms with Crippen LogP contribution in [0, 0.1) is 5.41 Å². The monoisotopic (exact) mass is 522 g/mol. The van der Waals surface area contributed by atoms with Gasteiger partial charge in [0.05, 0.1) is 35.8 Å². The number of anilines is 2. The Morgan fingerprint density at radius 1 is 1.31 bits per heavy atom. The van der Waals surface area contributed by atoms with Crippen molar-refractivity contribution in [2.75, 3.05) is 23.4 Å². The Kier molecular flexibility index (Phi) is 6.11. The number of nitrogens with zero attached hydrogens (tertiary/aromatic N) is 2. The van der Waals surface area contributed by atoms with Crippen LogP contribution in [-0.4, -0.2) is 49.6 Å². The van der Waals surface area contributed by atoms with Crippen LogP contribution in [0.2, 0.25) is 0 Å². The van der Waals surface area contributed by atoms with E-state index in [1.165, 1.54) is 42.7 Å². The van der Waals surface area contributed by atoms with E-state index in [1.807, 2.05) is 20.8 Å². The minimum atomic E-state index is -3.92. The summed E-state index contributed by atoms with van der Waals surface area (Å²) in [6.45, 7) is 5.88. The number of nitrogens with one attached hydrogen (secondary N) is 2. The molecule has 3 N–H and O–H groups in total. The van der Waals surface area contributed by atoms with Crippen LogP contribution in [0.4, 0.5) is 11.4 Å². The molecule has 11 nitrogen and oxygen atoms in total. The Bertz CT molecular complexity index is 1390. The van der Waals surface area contributed by atoms with Crippen LogP contribution >= 0.6 is 7.52 Å². The first kappa shape index (κ1) is 25.0. The topological polar surface area (TPSA) is 151 Å². The SMILES string of the molecule is COP1(=O)N=C(C2=C(O)C(C(C)(C)C)N(Cc3ccoc3)C2=O)Nc2ccc(NS(C)(=O)=O)cc21. The molecule has 0 saturated carbocycles. The molecule has 35 heavy (non-hydrogen) atoms. The van der Waals surface area contributed by atoms with Gasteiger partial charge in [-0.2, -0.15) is 4.76 Å². The highest BCUT2D eigenvalue weighted by atomic mass is 32.2. The van der Waals surface area contributed by atoms with Crippen molar-refractivity contribution in [3.8, 4) is 0 Å². The fourth-order valence-electron chi connectivity index (χ4n) is 4.24. The summed E-state index contributed by atoms with van der Waals surface area (Å²) in [7, 11) is -6.27. The van der Waals surface area contributed by atoms with Gasteiger partial charge in [-0.1, -0.05) is 20.8 Å². The van der Waals surface area contributed by atoms with Crippen molar-refractivity contribution in [2.45, 2.75) is 33.4 Å². The lowest BCUT2D eigenvalue weighted by atomic mass is 9.85. The molecule has 1 amide bonds. The van der Waals surface area contributed by atoms with Gasteiger partial charge in [0.1, 0.15) is 11.3 Å². The van der Waals surface area contributed by atoms with E-state index in [4.69, 9.17) is 8.94 Å². The molecule has 0 aliphatic carbocycles. The molecule has 4 rings (SSSR count). The third kappa shape index (κ3) is 4.73. The number of fused-ring (bicyclic) bond motifs is 1. The van der Waals surface area contributed by atoms with Gasteiger partial charge in [0, 0.05) is 24.9 Å². The first-order valence-corrected chi connectivity index (χ1v) is 14.1. The summed E-state index contributed by atoms with van der Waals surface area (Å²) in [6.07, 6.45) is 4.02. The van der Waals surface area contributed by atoms with Gasteiger partial charge in [-0.25, -0.2) is 8.42 Å². The van der Waals surface area contributed by atoms with E-state index in [9.17, 15) is 22.9 Å². The summed E-state index contributed by atoms with van der Waals surface area (Å²) in [6, 6.07) is 5.40. The molecule has 0 spiro atoms. The molecule has 0 saturated heterocycles. The minimum absolute atomic E-state index is 0.0852. The molecule has 1 aromatic heterocycles. The fourth-order valence-corrected chi connectivity index (χ4v) is 6.33. The molecular weight excluding hydrogens is 495 g/mol. The van der Waals surface area contributed by atoms with E-state index >= 15 is 0 Å². The number of amides is 1. The third-order valence-corrected chi connectivity index (χ3v) is 8.17. The molecule has 2 unspecified atom stereocenters. The van der Waals surface area contributed by atoms with Crippen molar-refractivity contribution in [1.29, 1.82) is 0 Å². The lowest BCUT2D eigenvalue weighted by Gasteiger charge is -2.35. The van der Waals surface area contributed by atoms with Crippen LogP contribution in [-0.2, 0) is 30.5 Å². The van der Waals surface area contributed by atoms with Gasteiger partial charge in [0.25, 0.3) is 5.91 Å². The van der Waals surface area contributed by atoms with Crippen LogP contribution in [0.25, 0.3) is 0 Å². The molecule has 1 aromatic carbocycles. The number of aliphatic hydroxyl groups is 1. The maximum Gasteiger partial charge on any atom is 0.348 e. The smallest absolute Gasteiger partial charge is 0.348 e. The number of carbonyl (C=O) groups is 1. The van der Waals surface area contributed by atoms with Crippen LogP contribution in [0.15, 0.2) is 57.3 Å². The van der Waals surface area contributed by atoms with Crippen LogP contribution < -0.4 is 15.3 Å². The number of amidine groups is 1. The lowest BCUT2D eigenvalue weighted by Crippen LogP contribution is -2.43. The normalized spacial score (nSPS) is 22.7. The summed E-state index contributed by atoms with van der Waals surface area (Å²) in [5.41, 5.74) is 0.610. The van der Waals surface area contributed by atoms with Gasteiger partial charge >= 0.3 is 7.52 Å². The summed E-state index contributed by atoms with van der Waals surface area (Å²) in [4.78, 5) is 15.1. The first-order chi connectivity index (χ1) is 16.2. The van der Waals surface area contributed by atoms with E-state index < -0.39 is 34.9 Å². The van der Waals surface area contributed by atoms with E-state index in [0.29, 0.717) is 5.69 Å². The number of rotatable bonds is 6. The Balaban J connectivity index is 1.78. The standard InChI is InChI=1S/C22H27N4O7PS/c1-22(2,3)19-18(27)17(21(28)26(19)11-13-8-9-33-12-13)20-23-15-7-6-14(25-35(5,30)31)10-16(15)34(29,24-20)32-4/h6-10,12,19,25,27H,11H2,1-5H3,(H,23,24,29). The number of sulfonamides is 1. The molecule has 3 heterocycles. The van der Waals surface area contributed by atoms with Crippen molar-refractivity contribution >= 4 is 46.0 Å². The Morgan fingerprint density at radius 3 is 2.60 bits per heavy atom. The molecule has 13 heteroatoms. The summed E-state index contributed by atoms with van der Waals surface area (Å²) in [5.74, 6) is -0.770. The average Bonchev–Trinajstić information content (AvgIpc) is 3.33. The van der Waals surface area contributed by atoms with Crippen molar-refractivity contribution in [3.05, 3.63) is 53.7 Å². The van der Waals surface area contributed by atoms with Crippen molar-refractivity contribution in [3.63, 3.8) is 0 Å². The first-order valence-electron chi connectivity index (χ1n) is 10.6. The highest BCUT2D eigenvalue weighted by Crippen LogP contribution is 2.52. The van der Waals surface area contributed by atoms with Crippen molar-refractivity contribution in [1.82, 2.24) is 4.90 Å². The van der Waals surface area contributed by atoms with Gasteiger partial charge in [-0.05, 0) is 29.7 Å². The molecule has 0 radical (unpaired) electrons. The number of hydrogen-bond donors (Lipinski definition) is 3. The fraction of sp³-hybridized carbons (Fsp3) is 0.364. The van der Waals surface area contributed by atoms with Crippen molar-refractivity contribution < 1.29 is 31.8 Å². The van der Waals surface area contributed by atoms with Gasteiger partial charge in [0.15, 0.2) is 5.84 Å². The second-order valence-electron chi connectivity index (χ2n) is 9.48. The number of aliphatic hydroxyl groups excluding tert-OH is 1. The number of carbonyl (C=O) groups excluding carboxylic acids is 1. The number of furan rings is 1. The molecule has 0 bridgehead atoms. The average molecular weight is 523 g/mol. The highest BCUT2D eigenvalue weighted by molar-refractivity contribution is 7.92. The number of hydrogen-bond acceptors (Lipinski definition) is 8. The summed E-state index contributed by atoms with van der Waals surface area (Å²) in [5, 5.41) is 14.3. The molecule has 2 aromatic rings. The lowest BCUT2D eigenvalue weighted by molar-refractivity contribution is -0.129. The predicted octanol–water partition coefficient (Wildman–Crippen LogP) is 3.21. The van der Waals surface area contributed by atoms with Gasteiger partial charge in [-0.15, -0.1) is 0 Å². The van der Waals surface area contributed by atoms with Gasteiger partial charge < -0.3 is 24.3 Å². The zero-order valence-corrected chi connectivity index (χ0v) is 21.6. The Hall–Kier alpha value is -3.08. The molecule has 188 valence electrons. The van der Waals surface area contributed by atoms with E-state index in [-0.39, 0.29) is 34.7 Å². The minimum Gasteiger partial charge on any atom is -0.509 e. The maximum atomic E-state index is 13.7. The van der Waals surface area contributed by atoms with E-state index in [2.05, 4.69) is 14.8 Å². The second-order valence-corrected chi connectivity index (χ2v) is 13.3. The quantitative estimate of drug-likeness (QED) is 0.490. The van der Waals surface area contributed by atoms with Crippen LogP contribution in [0.1, 0.15) is 26.3 Å². The van der Waals surface area contributed by atoms with E-state index in [0.717, 1.165) is 11.8 Å². The van der Waals surface area contributed by atoms with Gasteiger partial charge in [-0.3, -0.25) is 14.1 Å². The Labute approximate surface area is 203 Å². The molecule has 2 aliphatic rings. The van der Waals surface area contributed by atoms with Crippen LogP contribution in [0.5, 0.6) is 0 Å². The predicted molar refractivity (Wildman–Crippen MR) is 132 cm³/mol. The van der Waals surface area contributed by atoms with Crippen molar-refractivity contribution in [2.24, 2.45) is 10.2 Å². The van der Waals surface area contributed by atoms with Crippen LogP contribution in [0.3, 0.4) is 0 Å². The highest BCUT2D eigenvalue weighted by Gasteiger charge is 2.48. The summed E-state index contributed by atoms with van der Waals surface area (Å²) >= 11 is 0. The van der Waals surface area contributed by atoms with E-state index in [1.54, 1.807) is 6.07 Å². The largest absolute Gasteiger partial charge is 0.509 e. The maximum absolute atomic E-state index is 13.7. The third-order valence-electron chi connectivity index (χ3n) is 5.63.